The van der Waals surface area contributed by atoms with Crippen LogP contribution in [0.15, 0.2) is 22.7 Å². The van der Waals surface area contributed by atoms with Crippen LogP contribution in [0.5, 0.6) is 0 Å². The Morgan fingerprint density at radius 1 is 1.53 bits per heavy atom. The molecule has 0 saturated heterocycles. The van der Waals surface area contributed by atoms with Crippen LogP contribution in [-0.2, 0) is 4.79 Å². The Morgan fingerprint density at radius 2 is 2.24 bits per heavy atom. The van der Waals surface area contributed by atoms with Crippen LogP contribution in [0, 0.1) is 11.2 Å². The standard InChI is InChI=1S/C12H14BrFN2O/c13-9-3-2-8(14)6-10(9)16-11(17)12(7-15)4-1-5-12/h2-3,6H,1,4-5,7,15H2,(H,16,17). The number of amides is 1. The van der Waals surface area contributed by atoms with Crippen molar-refractivity contribution in [3.05, 3.63) is 28.5 Å². The van der Waals surface area contributed by atoms with Crippen molar-refractivity contribution in [2.24, 2.45) is 11.1 Å². The van der Waals surface area contributed by atoms with Gasteiger partial charge in [0.05, 0.1) is 11.1 Å². The molecule has 2 rings (SSSR count). The lowest BCUT2D eigenvalue weighted by molar-refractivity contribution is -0.129. The molecule has 1 aromatic carbocycles. The second-order valence-electron chi connectivity index (χ2n) is 4.42. The molecule has 3 nitrogen and oxygen atoms in total. The van der Waals surface area contributed by atoms with E-state index in [0.29, 0.717) is 16.7 Å². The number of nitrogens with two attached hydrogens (primary N) is 1. The van der Waals surface area contributed by atoms with Crippen molar-refractivity contribution in [3.8, 4) is 0 Å². The quantitative estimate of drug-likeness (QED) is 0.902. The lowest BCUT2D eigenvalue weighted by atomic mass is 9.68. The maximum Gasteiger partial charge on any atom is 0.231 e. The van der Waals surface area contributed by atoms with Crippen molar-refractivity contribution < 1.29 is 9.18 Å². The van der Waals surface area contributed by atoms with Gasteiger partial charge in [-0.3, -0.25) is 4.79 Å². The Morgan fingerprint density at radius 3 is 2.76 bits per heavy atom. The largest absolute Gasteiger partial charge is 0.329 e. The maximum absolute atomic E-state index is 13.1. The molecule has 1 fully saturated rings. The summed E-state index contributed by atoms with van der Waals surface area (Å²) in [5.74, 6) is -0.489. The highest BCUT2D eigenvalue weighted by Crippen LogP contribution is 2.41. The van der Waals surface area contributed by atoms with Gasteiger partial charge in [-0.1, -0.05) is 6.42 Å². The lowest BCUT2D eigenvalue weighted by Crippen LogP contribution is -2.47. The van der Waals surface area contributed by atoms with Crippen LogP contribution in [0.4, 0.5) is 10.1 Å². The molecule has 0 unspecified atom stereocenters. The Labute approximate surface area is 108 Å². The number of anilines is 1. The average molecular weight is 301 g/mol. The van der Waals surface area contributed by atoms with Crippen LogP contribution in [0.2, 0.25) is 0 Å². The third-order valence-corrected chi connectivity index (χ3v) is 4.05. The summed E-state index contributed by atoms with van der Waals surface area (Å²) in [4.78, 5) is 12.1. The number of carbonyl (C=O) groups is 1. The van der Waals surface area contributed by atoms with Gasteiger partial charge in [-0.2, -0.15) is 0 Å². The first-order valence-corrected chi connectivity index (χ1v) is 6.33. The highest BCUT2D eigenvalue weighted by atomic mass is 79.9. The van der Waals surface area contributed by atoms with Crippen molar-refractivity contribution in [1.82, 2.24) is 0 Å². The normalized spacial score (nSPS) is 17.4. The smallest absolute Gasteiger partial charge is 0.231 e. The molecule has 92 valence electrons. The molecule has 1 aliphatic rings. The Hall–Kier alpha value is -0.940. The van der Waals surface area contributed by atoms with Gasteiger partial charge in [0.2, 0.25) is 5.91 Å². The summed E-state index contributed by atoms with van der Waals surface area (Å²) in [5.41, 5.74) is 5.65. The first kappa shape index (κ1) is 12.5. The first-order valence-electron chi connectivity index (χ1n) is 5.54. The summed E-state index contributed by atoms with van der Waals surface area (Å²) in [6.07, 6.45) is 2.64. The van der Waals surface area contributed by atoms with Crippen LogP contribution >= 0.6 is 15.9 Å². The minimum atomic E-state index is -0.453. The van der Waals surface area contributed by atoms with Crippen molar-refractivity contribution in [3.63, 3.8) is 0 Å². The monoisotopic (exact) mass is 300 g/mol. The zero-order valence-corrected chi connectivity index (χ0v) is 10.9. The minimum absolute atomic E-state index is 0.113. The average Bonchev–Trinajstić information content (AvgIpc) is 2.23. The van der Waals surface area contributed by atoms with Crippen molar-refractivity contribution in [2.45, 2.75) is 19.3 Å². The van der Waals surface area contributed by atoms with E-state index in [0.717, 1.165) is 19.3 Å². The minimum Gasteiger partial charge on any atom is -0.329 e. The predicted octanol–water partition coefficient (Wildman–Crippen LogP) is 2.66. The van der Waals surface area contributed by atoms with E-state index < -0.39 is 5.41 Å². The molecule has 0 aliphatic heterocycles. The Balaban J connectivity index is 2.15. The zero-order chi connectivity index (χ0) is 12.5. The van der Waals surface area contributed by atoms with Gasteiger partial charge in [0.25, 0.3) is 0 Å². The van der Waals surface area contributed by atoms with E-state index >= 15 is 0 Å². The molecule has 17 heavy (non-hydrogen) atoms. The summed E-state index contributed by atoms with van der Waals surface area (Å²) >= 11 is 3.27. The second kappa shape index (κ2) is 4.74. The molecule has 0 bridgehead atoms. The third-order valence-electron chi connectivity index (χ3n) is 3.36. The number of carbonyl (C=O) groups excluding carboxylic acids is 1. The molecular weight excluding hydrogens is 287 g/mol. The van der Waals surface area contributed by atoms with Crippen molar-refractivity contribution in [2.75, 3.05) is 11.9 Å². The zero-order valence-electron chi connectivity index (χ0n) is 9.30. The van der Waals surface area contributed by atoms with E-state index in [1.165, 1.54) is 12.1 Å². The third kappa shape index (κ3) is 2.35. The van der Waals surface area contributed by atoms with Crippen LogP contribution < -0.4 is 11.1 Å². The number of nitrogens with one attached hydrogen (secondary N) is 1. The number of halogens is 2. The fourth-order valence-electron chi connectivity index (χ4n) is 1.98. The van der Waals surface area contributed by atoms with E-state index in [1.54, 1.807) is 6.07 Å². The molecule has 3 N–H and O–H groups in total. The number of hydrogen-bond donors (Lipinski definition) is 2. The van der Waals surface area contributed by atoms with Crippen LogP contribution in [0.25, 0.3) is 0 Å². The van der Waals surface area contributed by atoms with Crippen LogP contribution in [0.1, 0.15) is 19.3 Å². The van der Waals surface area contributed by atoms with E-state index in [4.69, 9.17) is 5.73 Å². The predicted molar refractivity (Wildman–Crippen MR) is 68.1 cm³/mol. The SMILES string of the molecule is NCC1(C(=O)Nc2cc(F)ccc2Br)CCC1. The van der Waals surface area contributed by atoms with Gasteiger partial charge < -0.3 is 11.1 Å². The van der Waals surface area contributed by atoms with Gasteiger partial charge in [0, 0.05) is 11.0 Å². The van der Waals surface area contributed by atoms with Gasteiger partial charge in [-0.15, -0.1) is 0 Å². The van der Waals surface area contributed by atoms with Crippen molar-refractivity contribution in [1.29, 1.82) is 0 Å². The fourth-order valence-corrected chi connectivity index (χ4v) is 2.32. The molecule has 0 aromatic heterocycles. The van der Waals surface area contributed by atoms with Gasteiger partial charge in [-0.25, -0.2) is 4.39 Å². The topological polar surface area (TPSA) is 55.1 Å². The molecule has 1 saturated carbocycles. The number of hydrogen-bond acceptors (Lipinski definition) is 2. The molecular formula is C12H14BrFN2O. The summed E-state index contributed by atoms with van der Waals surface area (Å²) < 4.78 is 13.7. The highest BCUT2D eigenvalue weighted by Gasteiger charge is 2.42. The van der Waals surface area contributed by atoms with Crippen LogP contribution in [0.3, 0.4) is 0 Å². The molecule has 1 aromatic rings. The fraction of sp³-hybridized carbons (Fsp3) is 0.417. The molecule has 0 heterocycles. The molecule has 0 radical (unpaired) electrons. The van der Waals surface area contributed by atoms with E-state index in [1.807, 2.05) is 0 Å². The molecule has 5 heteroatoms. The van der Waals surface area contributed by atoms with Gasteiger partial charge >= 0.3 is 0 Å². The summed E-state index contributed by atoms with van der Waals surface area (Å²) in [7, 11) is 0. The Kier molecular flexibility index (Phi) is 3.49. The van der Waals surface area contributed by atoms with Crippen molar-refractivity contribution >= 4 is 27.5 Å². The molecule has 0 atom stereocenters. The van der Waals surface area contributed by atoms with E-state index in [9.17, 15) is 9.18 Å². The first-order chi connectivity index (χ1) is 8.07. The van der Waals surface area contributed by atoms with E-state index in [-0.39, 0.29) is 11.7 Å². The lowest BCUT2D eigenvalue weighted by Gasteiger charge is -2.39. The van der Waals surface area contributed by atoms with Gasteiger partial charge in [0.1, 0.15) is 5.82 Å². The summed E-state index contributed by atoms with van der Waals surface area (Å²) in [6, 6.07) is 4.20. The number of benzene rings is 1. The summed E-state index contributed by atoms with van der Waals surface area (Å²) in [6.45, 7) is 0.339. The summed E-state index contributed by atoms with van der Waals surface area (Å²) in [5, 5.41) is 2.74. The highest BCUT2D eigenvalue weighted by molar-refractivity contribution is 9.10. The Bertz CT molecular complexity index is 441. The number of rotatable bonds is 3. The van der Waals surface area contributed by atoms with Gasteiger partial charge in [-0.05, 0) is 47.0 Å². The van der Waals surface area contributed by atoms with Gasteiger partial charge in [0.15, 0.2) is 0 Å². The molecule has 1 aliphatic carbocycles. The second-order valence-corrected chi connectivity index (χ2v) is 5.27. The van der Waals surface area contributed by atoms with E-state index in [2.05, 4.69) is 21.2 Å². The van der Waals surface area contributed by atoms with Crippen LogP contribution in [-0.4, -0.2) is 12.5 Å². The maximum atomic E-state index is 13.1. The molecule has 1 amide bonds. The molecule has 0 spiro atoms.